The fourth-order valence-electron chi connectivity index (χ4n) is 2.04. The van der Waals surface area contributed by atoms with E-state index in [0.717, 1.165) is 26.1 Å². The molecule has 1 aliphatic rings. The summed E-state index contributed by atoms with van der Waals surface area (Å²) in [5, 5.41) is 9.23. The van der Waals surface area contributed by atoms with Gasteiger partial charge in [0.1, 0.15) is 0 Å². The van der Waals surface area contributed by atoms with Crippen molar-refractivity contribution in [1.82, 2.24) is 9.80 Å². The molecule has 3 heteroatoms. The van der Waals surface area contributed by atoms with Crippen LogP contribution in [0.5, 0.6) is 0 Å². The first-order valence-electron chi connectivity index (χ1n) is 5.78. The van der Waals surface area contributed by atoms with Crippen LogP contribution in [0.15, 0.2) is 0 Å². The molecule has 1 saturated heterocycles. The molecular formula is C11H24N2O. The lowest BCUT2D eigenvalue weighted by atomic mass is 10.1. The van der Waals surface area contributed by atoms with Crippen molar-refractivity contribution in [2.75, 3.05) is 32.7 Å². The van der Waals surface area contributed by atoms with Crippen molar-refractivity contribution in [2.24, 2.45) is 0 Å². The van der Waals surface area contributed by atoms with Crippen LogP contribution in [0.2, 0.25) is 0 Å². The van der Waals surface area contributed by atoms with E-state index in [2.05, 4.69) is 23.6 Å². The lowest BCUT2D eigenvalue weighted by Crippen LogP contribution is -2.52. The van der Waals surface area contributed by atoms with Gasteiger partial charge >= 0.3 is 0 Å². The van der Waals surface area contributed by atoms with Crippen LogP contribution in [-0.4, -0.2) is 59.8 Å². The minimum atomic E-state index is -0.161. The molecule has 1 aliphatic heterocycles. The van der Waals surface area contributed by atoms with Gasteiger partial charge in [-0.1, -0.05) is 6.92 Å². The molecule has 14 heavy (non-hydrogen) atoms. The van der Waals surface area contributed by atoms with Gasteiger partial charge in [-0.2, -0.15) is 0 Å². The molecule has 0 aromatic carbocycles. The highest BCUT2D eigenvalue weighted by Crippen LogP contribution is 2.10. The molecule has 0 aromatic heterocycles. The number of hydrogen-bond acceptors (Lipinski definition) is 3. The molecule has 2 unspecified atom stereocenters. The Kier molecular flexibility index (Phi) is 4.85. The smallest absolute Gasteiger partial charge is 0.0524 e. The normalized spacial score (nSPS) is 27.9. The summed E-state index contributed by atoms with van der Waals surface area (Å²) in [5.74, 6) is 0. The van der Waals surface area contributed by atoms with E-state index in [1.54, 1.807) is 0 Å². The Hall–Kier alpha value is -0.120. The predicted molar refractivity (Wildman–Crippen MR) is 59.4 cm³/mol. The third-order valence-electron chi connectivity index (χ3n) is 3.13. The van der Waals surface area contributed by atoms with Gasteiger partial charge in [0.2, 0.25) is 0 Å². The lowest BCUT2D eigenvalue weighted by Gasteiger charge is -2.39. The number of likely N-dealkylation sites (N-methyl/N-ethyl adjacent to an activating group) is 1. The highest BCUT2D eigenvalue weighted by atomic mass is 16.3. The van der Waals surface area contributed by atoms with E-state index in [0.29, 0.717) is 6.04 Å². The zero-order valence-electron chi connectivity index (χ0n) is 9.74. The number of hydrogen-bond donors (Lipinski definition) is 1. The summed E-state index contributed by atoms with van der Waals surface area (Å²) in [7, 11) is 0. The van der Waals surface area contributed by atoms with E-state index in [1.807, 2.05) is 6.92 Å². The molecule has 0 amide bonds. The fraction of sp³-hybridized carbons (Fsp3) is 1.00. The van der Waals surface area contributed by atoms with Gasteiger partial charge in [-0.25, -0.2) is 0 Å². The molecule has 0 radical (unpaired) electrons. The van der Waals surface area contributed by atoms with Crippen LogP contribution >= 0.6 is 0 Å². The quantitative estimate of drug-likeness (QED) is 0.726. The molecule has 3 nitrogen and oxygen atoms in total. The topological polar surface area (TPSA) is 26.7 Å². The Balaban J connectivity index is 2.27. The lowest BCUT2D eigenvalue weighted by molar-refractivity contribution is 0.0714. The van der Waals surface area contributed by atoms with Gasteiger partial charge in [-0.15, -0.1) is 0 Å². The Bertz CT molecular complexity index is 161. The molecule has 0 aromatic rings. The summed E-state index contributed by atoms with van der Waals surface area (Å²) in [6.45, 7) is 12.1. The maximum atomic E-state index is 9.23. The molecule has 0 aliphatic carbocycles. The van der Waals surface area contributed by atoms with E-state index < -0.39 is 0 Å². The maximum absolute atomic E-state index is 9.23. The molecular weight excluding hydrogens is 176 g/mol. The van der Waals surface area contributed by atoms with E-state index in [1.165, 1.54) is 13.1 Å². The van der Waals surface area contributed by atoms with Crippen LogP contribution in [0.25, 0.3) is 0 Å². The second kappa shape index (κ2) is 5.69. The van der Waals surface area contributed by atoms with Gasteiger partial charge in [0.15, 0.2) is 0 Å². The molecule has 1 rings (SSSR count). The highest BCUT2D eigenvalue weighted by molar-refractivity contribution is 4.78. The van der Waals surface area contributed by atoms with Crippen molar-refractivity contribution >= 4 is 0 Å². The predicted octanol–water partition coefficient (Wildman–Crippen LogP) is 0.783. The summed E-state index contributed by atoms with van der Waals surface area (Å²) in [6, 6.07) is 0.641. The minimum Gasteiger partial charge on any atom is -0.393 e. The first kappa shape index (κ1) is 12.0. The summed E-state index contributed by atoms with van der Waals surface area (Å²) in [5.41, 5.74) is 0. The first-order chi connectivity index (χ1) is 6.63. The van der Waals surface area contributed by atoms with Crippen LogP contribution in [-0.2, 0) is 0 Å². The van der Waals surface area contributed by atoms with Crippen molar-refractivity contribution < 1.29 is 5.11 Å². The summed E-state index contributed by atoms with van der Waals surface area (Å²) < 4.78 is 0. The Labute approximate surface area is 87.7 Å². The van der Waals surface area contributed by atoms with Crippen LogP contribution in [0.3, 0.4) is 0 Å². The Morgan fingerprint density at radius 3 is 2.64 bits per heavy atom. The van der Waals surface area contributed by atoms with Crippen molar-refractivity contribution in [3.63, 3.8) is 0 Å². The van der Waals surface area contributed by atoms with Crippen LogP contribution < -0.4 is 0 Å². The van der Waals surface area contributed by atoms with Crippen LogP contribution in [0, 0.1) is 0 Å². The van der Waals surface area contributed by atoms with Gasteiger partial charge in [-0.3, -0.25) is 4.90 Å². The van der Waals surface area contributed by atoms with Crippen molar-refractivity contribution in [2.45, 2.75) is 39.3 Å². The molecule has 1 heterocycles. The molecule has 1 N–H and O–H groups in total. The van der Waals surface area contributed by atoms with Crippen LogP contribution in [0.4, 0.5) is 0 Å². The molecule has 1 fully saturated rings. The van der Waals surface area contributed by atoms with E-state index >= 15 is 0 Å². The van der Waals surface area contributed by atoms with Gasteiger partial charge in [-0.05, 0) is 26.8 Å². The number of piperazine rings is 1. The minimum absolute atomic E-state index is 0.161. The van der Waals surface area contributed by atoms with Crippen LogP contribution in [0.1, 0.15) is 27.2 Å². The molecule has 84 valence electrons. The largest absolute Gasteiger partial charge is 0.393 e. The number of aliphatic hydroxyl groups is 1. The zero-order valence-corrected chi connectivity index (χ0v) is 9.74. The number of aliphatic hydroxyl groups excluding tert-OH is 1. The highest BCUT2D eigenvalue weighted by Gasteiger charge is 2.22. The average molecular weight is 200 g/mol. The third-order valence-corrected chi connectivity index (χ3v) is 3.13. The van der Waals surface area contributed by atoms with Gasteiger partial charge in [0, 0.05) is 32.2 Å². The average Bonchev–Trinajstić information content (AvgIpc) is 2.15. The third kappa shape index (κ3) is 3.56. The van der Waals surface area contributed by atoms with E-state index in [-0.39, 0.29) is 6.10 Å². The van der Waals surface area contributed by atoms with Gasteiger partial charge in [0.05, 0.1) is 6.10 Å². The standard InChI is InChI=1S/C11H24N2O/c1-4-12-7-8-13(10(2)9-12)6-5-11(3)14/h10-11,14H,4-9H2,1-3H3. The Morgan fingerprint density at radius 1 is 1.43 bits per heavy atom. The Morgan fingerprint density at radius 2 is 2.14 bits per heavy atom. The number of nitrogens with zero attached hydrogens (tertiary/aromatic N) is 2. The second-order valence-electron chi connectivity index (χ2n) is 4.42. The zero-order chi connectivity index (χ0) is 10.6. The summed E-state index contributed by atoms with van der Waals surface area (Å²) in [4.78, 5) is 4.97. The molecule has 0 saturated carbocycles. The SMILES string of the molecule is CCN1CCN(CCC(C)O)C(C)C1. The monoisotopic (exact) mass is 200 g/mol. The summed E-state index contributed by atoms with van der Waals surface area (Å²) in [6.07, 6.45) is 0.739. The first-order valence-corrected chi connectivity index (χ1v) is 5.78. The number of rotatable bonds is 4. The summed E-state index contributed by atoms with van der Waals surface area (Å²) >= 11 is 0. The molecule has 0 bridgehead atoms. The van der Waals surface area contributed by atoms with Gasteiger partial charge in [0.25, 0.3) is 0 Å². The van der Waals surface area contributed by atoms with E-state index in [9.17, 15) is 5.11 Å². The van der Waals surface area contributed by atoms with Crippen molar-refractivity contribution in [3.05, 3.63) is 0 Å². The van der Waals surface area contributed by atoms with E-state index in [4.69, 9.17) is 0 Å². The maximum Gasteiger partial charge on any atom is 0.0524 e. The molecule has 2 atom stereocenters. The van der Waals surface area contributed by atoms with Crippen molar-refractivity contribution in [3.8, 4) is 0 Å². The van der Waals surface area contributed by atoms with Crippen molar-refractivity contribution in [1.29, 1.82) is 0 Å². The fourth-order valence-corrected chi connectivity index (χ4v) is 2.04. The molecule has 0 spiro atoms. The second-order valence-corrected chi connectivity index (χ2v) is 4.42. The van der Waals surface area contributed by atoms with Gasteiger partial charge < -0.3 is 10.0 Å².